The van der Waals surface area contributed by atoms with Gasteiger partial charge in [0.05, 0.1) is 26.9 Å². The molecule has 0 aliphatic rings. The number of benzene rings is 1. The Kier molecular flexibility index (Phi) is 5.74. The molecule has 0 saturated heterocycles. The first-order chi connectivity index (χ1) is 9.19. The van der Waals surface area contributed by atoms with E-state index in [1.807, 2.05) is 0 Å². The number of ether oxygens (including phenoxy) is 3. The molecule has 19 heavy (non-hydrogen) atoms. The molecule has 4 nitrogen and oxygen atoms in total. The van der Waals surface area contributed by atoms with Gasteiger partial charge in [-0.05, 0) is 19.1 Å². The predicted octanol–water partition coefficient (Wildman–Crippen LogP) is 2.70. The molecule has 1 aromatic rings. The lowest BCUT2D eigenvalue weighted by molar-refractivity contribution is 0.0980. The van der Waals surface area contributed by atoms with Crippen LogP contribution in [0.5, 0.6) is 17.2 Å². The molecule has 0 spiro atoms. The molecule has 1 rings (SSSR count). The lowest BCUT2D eigenvalue weighted by atomic mass is 10.0. The number of carbonyl (C=O) groups excluding carboxylic acids is 1. The maximum Gasteiger partial charge on any atom is 0.204 e. The highest BCUT2D eigenvalue weighted by Crippen LogP contribution is 2.40. The van der Waals surface area contributed by atoms with Gasteiger partial charge in [-0.2, -0.15) is 0 Å². The fourth-order valence-electron chi connectivity index (χ4n) is 1.76. The van der Waals surface area contributed by atoms with Crippen molar-refractivity contribution in [3.63, 3.8) is 0 Å². The van der Waals surface area contributed by atoms with Gasteiger partial charge in [0.2, 0.25) is 5.75 Å². The van der Waals surface area contributed by atoms with Crippen LogP contribution in [0.2, 0.25) is 0 Å². The zero-order chi connectivity index (χ0) is 14.3. The second-order valence-corrected chi connectivity index (χ2v) is 3.73. The van der Waals surface area contributed by atoms with Crippen molar-refractivity contribution in [1.82, 2.24) is 0 Å². The second-order valence-electron chi connectivity index (χ2n) is 3.73. The lowest BCUT2D eigenvalue weighted by Gasteiger charge is -2.14. The van der Waals surface area contributed by atoms with E-state index >= 15 is 0 Å². The normalized spacial score (nSPS) is 9.26. The zero-order valence-electron chi connectivity index (χ0n) is 11.7. The highest BCUT2D eigenvalue weighted by molar-refractivity contribution is 6.00. The Bertz CT molecular complexity index is 509. The zero-order valence-corrected chi connectivity index (χ0v) is 11.7. The Labute approximate surface area is 113 Å². The molecule has 0 aliphatic carbocycles. The smallest absolute Gasteiger partial charge is 0.204 e. The van der Waals surface area contributed by atoms with E-state index in [9.17, 15) is 4.79 Å². The average Bonchev–Trinajstić information content (AvgIpc) is 2.45. The molecule has 1 aromatic carbocycles. The summed E-state index contributed by atoms with van der Waals surface area (Å²) in [6.07, 6.45) is 0.888. The summed E-state index contributed by atoms with van der Waals surface area (Å²) in [5, 5.41) is 0. The fourth-order valence-corrected chi connectivity index (χ4v) is 1.76. The van der Waals surface area contributed by atoms with E-state index in [0.29, 0.717) is 35.7 Å². The molecule has 4 heteroatoms. The molecule has 102 valence electrons. The molecule has 0 heterocycles. The van der Waals surface area contributed by atoms with E-state index in [4.69, 9.17) is 14.2 Å². The van der Waals surface area contributed by atoms with Crippen LogP contribution in [0.25, 0.3) is 0 Å². The topological polar surface area (TPSA) is 44.8 Å². The highest BCUT2D eigenvalue weighted by Gasteiger charge is 2.19. The predicted molar refractivity (Wildman–Crippen MR) is 73.1 cm³/mol. The molecule has 0 N–H and O–H groups in total. The first kappa shape index (κ1) is 14.9. The first-order valence-electron chi connectivity index (χ1n) is 5.91. The Hall–Kier alpha value is -2.15. The number of hydrogen-bond acceptors (Lipinski definition) is 4. The second kappa shape index (κ2) is 7.32. The van der Waals surface area contributed by atoms with Crippen LogP contribution >= 0.6 is 0 Å². The number of methoxy groups -OCH3 is 3. The van der Waals surface area contributed by atoms with E-state index in [1.165, 1.54) is 21.3 Å². The Balaban J connectivity index is 3.12. The van der Waals surface area contributed by atoms with Crippen molar-refractivity contribution in [2.45, 2.75) is 19.8 Å². The largest absolute Gasteiger partial charge is 0.493 e. The molecule has 0 saturated carbocycles. The van der Waals surface area contributed by atoms with Crippen LogP contribution in [0.15, 0.2) is 12.1 Å². The Morgan fingerprint density at radius 2 is 1.79 bits per heavy atom. The quantitative estimate of drug-likeness (QED) is 0.584. The first-order valence-corrected chi connectivity index (χ1v) is 5.91. The van der Waals surface area contributed by atoms with Crippen molar-refractivity contribution >= 4 is 5.78 Å². The van der Waals surface area contributed by atoms with Crippen molar-refractivity contribution in [2.24, 2.45) is 0 Å². The van der Waals surface area contributed by atoms with Crippen molar-refractivity contribution < 1.29 is 19.0 Å². The summed E-state index contributed by atoms with van der Waals surface area (Å²) in [5.41, 5.74) is 0.484. The summed E-state index contributed by atoms with van der Waals surface area (Å²) in [4.78, 5) is 12.1. The molecular weight excluding hydrogens is 244 g/mol. The third kappa shape index (κ3) is 3.41. The minimum absolute atomic E-state index is 0.0273. The summed E-state index contributed by atoms with van der Waals surface area (Å²) >= 11 is 0. The molecule has 0 atom stereocenters. The van der Waals surface area contributed by atoms with Crippen LogP contribution in [-0.2, 0) is 0 Å². The van der Waals surface area contributed by atoms with Gasteiger partial charge in [0, 0.05) is 12.8 Å². The third-order valence-corrected chi connectivity index (χ3v) is 2.66. The van der Waals surface area contributed by atoms with Gasteiger partial charge in [0.15, 0.2) is 17.3 Å². The van der Waals surface area contributed by atoms with E-state index in [1.54, 1.807) is 19.1 Å². The van der Waals surface area contributed by atoms with Crippen LogP contribution in [0.3, 0.4) is 0 Å². The molecule has 0 aromatic heterocycles. The molecule has 0 fully saturated rings. The number of rotatable bonds is 6. The van der Waals surface area contributed by atoms with E-state index in [2.05, 4.69) is 11.8 Å². The lowest BCUT2D eigenvalue weighted by Crippen LogP contribution is -2.04. The van der Waals surface area contributed by atoms with Gasteiger partial charge in [-0.15, -0.1) is 11.8 Å². The van der Waals surface area contributed by atoms with Gasteiger partial charge < -0.3 is 14.2 Å². The van der Waals surface area contributed by atoms with Crippen LogP contribution < -0.4 is 14.2 Å². The summed E-state index contributed by atoms with van der Waals surface area (Å²) < 4.78 is 15.7. The standard InChI is InChI=1S/C15H18O4/c1-5-6-7-8-12(16)11-9-10-13(17-2)15(19-4)14(11)18-3/h9-10H,7-8H2,1-4H3. The van der Waals surface area contributed by atoms with Gasteiger partial charge >= 0.3 is 0 Å². The van der Waals surface area contributed by atoms with E-state index in [0.717, 1.165) is 0 Å². The van der Waals surface area contributed by atoms with Crippen molar-refractivity contribution in [1.29, 1.82) is 0 Å². The molecule has 0 bridgehead atoms. The van der Waals surface area contributed by atoms with Crippen molar-refractivity contribution in [3.8, 4) is 29.1 Å². The molecule has 0 amide bonds. The molecular formula is C15H18O4. The Morgan fingerprint density at radius 3 is 2.32 bits per heavy atom. The van der Waals surface area contributed by atoms with Crippen molar-refractivity contribution in [3.05, 3.63) is 17.7 Å². The van der Waals surface area contributed by atoms with E-state index in [-0.39, 0.29) is 5.78 Å². The van der Waals surface area contributed by atoms with Gasteiger partial charge in [-0.3, -0.25) is 4.79 Å². The number of ketones is 1. The number of Topliss-reactive ketones (excluding diaryl/α,β-unsaturated/α-hetero) is 1. The number of hydrogen-bond donors (Lipinski definition) is 0. The van der Waals surface area contributed by atoms with Crippen molar-refractivity contribution in [2.75, 3.05) is 21.3 Å². The average molecular weight is 262 g/mol. The molecule has 0 radical (unpaired) electrons. The van der Waals surface area contributed by atoms with E-state index < -0.39 is 0 Å². The van der Waals surface area contributed by atoms with Crippen LogP contribution in [-0.4, -0.2) is 27.1 Å². The maximum atomic E-state index is 12.1. The van der Waals surface area contributed by atoms with Crippen LogP contribution in [0, 0.1) is 11.8 Å². The van der Waals surface area contributed by atoms with Crippen LogP contribution in [0.1, 0.15) is 30.1 Å². The van der Waals surface area contributed by atoms with Gasteiger partial charge in [-0.1, -0.05) is 0 Å². The highest BCUT2D eigenvalue weighted by atomic mass is 16.5. The summed E-state index contributed by atoms with van der Waals surface area (Å²) in [5.74, 6) is 6.97. The molecule has 0 unspecified atom stereocenters. The fraction of sp³-hybridized carbons (Fsp3) is 0.400. The third-order valence-electron chi connectivity index (χ3n) is 2.66. The minimum atomic E-state index is -0.0273. The SMILES string of the molecule is CC#CCCC(=O)c1ccc(OC)c(OC)c1OC. The summed E-state index contributed by atoms with van der Waals surface area (Å²) in [6.45, 7) is 1.75. The van der Waals surface area contributed by atoms with Crippen LogP contribution in [0.4, 0.5) is 0 Å². The summed E-state index contributed by atoms with van der Waals surface area (Å²) in [7, 11) is 4.55. The molecule has 0 aliphatic heterocycles. The minimum Gasteiger partial charge on any atom is -0.493 e. The maximum absolute atomic E-state index is 12.1. The monoisotopic (exact) mass is 262 g/mol. The van der Waals surface area contributed by atoms with Gasteiger partial charge in [0.25, 0.3) is 0 Å². The van der Waals surface area contributed by atoms with Gasteiger partial charge in [-0.25, -0.2) is 0 Å². The Morgan fingerprint density at radius 1 is 1.11 bits per heavy atom. The van der Waals surface area contributed by atoms with Gasteiger partial charge in [0.1, 0.15) is 0 Å². The number of carbonyl (C=O) groups is 1. The summed E-state index contributed by atoms with van der Waals surface area (Å²) in [6, 6.07) is 3.38.